The second-order valence-corrected chi connectivity index (χ2v) is 6.56. The quantitative estimate of drug-likeness (QED) is 0.608. The van der Waals surface area contributed by atoms with Crippen molar-refractivity contribution in [2.24, 2.45) is 5.73 Å². The maximum Gasteiger partial charge on any atom is 0.316 e. The fourth-order valence-electron chi connectivity index (χ4n) is 1.69. The van der Waals surface area contributed by atoms with Crippen molar-refractivity contribution in [3.05, 3.63) is 35.4 Å². The van der Waals surface area contributed by atoms with E-state index in [9.17, 15) is 13.2 Å². The second-order valence-electron chi connectivity index (χ2n) is 4.75. The lowest BCUT2D eigenvalue weighted by Gasteiger charge is -2.13. The van der Waals surface area contributed by atoms with Crippen LogP contribution in [0.15, 0.2) is 24.3 Å². The van der Waals surface area contributed by atoms with E-state index in [0.717, 1.165) is 5.56 Å². The Morgan fingerprint density at radius 2 is 1.81 bits per heavy atom. The zero-order chi connectivity index (χ0) is 15.9. The molecule has 0 atom stereocenters. The summed E-state index contributed by atoms with van der Waals surface area (Å²) in [6.07, 6.45) is 0. The molecule has 0 spiro atoms. The molecule has 0 saturated heterocycles. The number of nitrogens with two attached hydrogens (primary N) is 1. The highest BCUT2D eigenvalue weighted by molar-refractivity contribution is 7.88. The highest BCUT2D eigenvalue weighted by atomic mass is 32.2. The molecule has 21 heavy (non-hydrogen) atoms. The fourth-order valence-corrected chi connectivity index (χ4v) is 2.89. The normalized spacial score (nSPS) is 11.2. The Labute approximate surface area is 125 Å². The SMILES string of the molecule is CN(C)C(=O)NCCNS(=O)(=O)Cc1ccccc1CN. The van der Waals surface area contributed by atoms with Crippen molar-refractivity contribution >= 4 is 16.1 Å². The molecule has 0 aromatic heterocycles. The van der Waals surface area contributed by atoms with Crippen LogP contribution in [-0.4, -0.2) is 46.5 Å². The molecule has 0 fully saturated rings. The highest BCUT2D eigenvalue weighted by Crippen LogP contribution is 2.11. The molecule has 1 rings (SSSR count). The summed E-state index contributed by atoms with van der Waals surface area (Å²) >= 11 is 0. The average molecular weight is 314 g/mol. The van der Waals surface area contributed by atoms with Gasteiger partial charge in [-0.2, -0.15) is 0 Å². The summed E-state index contributed by atoms with van der Waals surface area (Å²) < 4.78 is 26.4. The predicted octanol–water partition coefficient (Wildman–Crippen LogP) is -0.164. The number of carbonyl (C=O) groups is 1. The Morgan fingerprint density at radius 3 is 2.38 bits per heavy atom. The van der Waals surface area contributed by atoms with Crippen LogP contribution >= 0.6 is 0 Å². The van der Waals surface area contributed by atoms with E-state index in [1.54, 1.807) is 26.2 Å². The van der Waals surface area contributed by atoms with Crippen molar-refractivity contribution in [1.82, 2.24) is 14.9 Å². The van der Waals surface area contributed by atoms with E-state index in [-0.39, 0.29) is 24.9 Å². The molecule has 0 unspecified atom stereocenters. The topological polar surface area (TPSA) is 105 Å². The van der Waals surface area contributed by atoms with Gasteiger partial charge in [0.2, 0.25) is 10.0 Å². The minimum atomic E-state index is -3.46. The van der Waals surface area contributed by atoms with Crippen LogP contribution in [0.2, 0.25) is 0 Å². The number of rotatable bonds is 7. The van der Waals surface area contributed by atoms with E-state index in [1.165, 1.54) is 4.90 Å². The number of hydrogen-bond acceptors (Lipinski definition) is 4. The second kappa shape index (κ2) is 7.96. The van der Waals surface area contributed by atoms with Gasteiger partial charge in [0.15, 0.2) is 0 Å². The molecule has 0 bridgehead atoms. The molecule has 118 valence electrons. The number of sulfonamides is 1. The third-order valence-electron chi connectivity index (χ3n) is 2.81. The zero-order valence-electron chi connectivity index (χ0n) is 12.3. The maximum atomic E-state index is 12.0. The summed E-state index contributed by atoms with van der Waals surface area (Å²) in [5, 5.41) is 2.58. The number of urea groups is 1. The van der Waals surface area contributed by atoms with Crippen molar-refractivity contribution < 1.29 is 13.2 Å². The smallest absolute Gasteiger partial charge is 0.316 e. The Morgan fingerprint density at radius 1 is 1.19 bits per heavy atom. The fraction of sp³-hybridized carbons (Fsp3) is 0.462. The van der Waals surface area contributed by atoms with E-state index in [1.807, 2.05) is 12.1 Å². The minimum Gasteiger partial charge on any atom is -0.337 e. The Kier molecular flexibility index (Phi) is 6.60. The molecule has 8 heteroatoms. The summed E-state index contributed by atoms with van der Waals surface area (Å²) in [4.78, 5) is 12.6. The molecule has 0 saturated carbocycles. The van der Waals surface area contributed by atoms with Gasteiger partial charge in [-0.15, -0.1) is 0 Å². The molecule has 0 aliphatic carbocycles. The van der Waals surface area contributed by atoms with Crippen LogP contribution in [0, 0.1) is 0 Å². The van der Waals surface area contributed by atoms with Crippen LogP contribution in [0.25, 0.3) is 0 Å². The van der Waals surface area contributed by atoms with Crippen LogP contribution in [0.1, 0.15) is 11.1 Å². The predicted molar refractivity (Wildman–Crippen MR) is 82.0 cm³/mol. The molecule has 0 heterocycles. The Bertz CT molecular complexity index is 573. The van der Waals surface area contributed by atoms with Crippen molar-refractivity contribution in [3.8, 4) is 0 Å². The minimum absolute atomic E-state index is 0.123. The molecule has 1 aromatic carbocycles. The maximum absolute atomic E-state index is 12.0. The van der Waals surface area contributed by atoms with Gasteiger partial charge in [-0.25, -0.2) is 17.9 Å². The van der Waals surface area contributed by atoms with Crippen molar-refractivity contribution in [1.29, 1.82) is 0 Å². The Hall–Kier alpha value is -1.64. The number of nitrogens with zero attached hydrogens (tertiary/aromatic N) is 1. The molecule has 2 amide bonds. The lowest BCUT2D eigenvalue weighted by atomic mass is 10.1. The van der Waals surface area contributed by atoms with Gasteiger partial charge >= 0.3 is 6.03 Å². The van der Waals surface area contributed by atoms with E-state index in [4.69, 9.17) is 5.73 Å². The molecule has 1 aromatic rings. The summed E-state index contributed by atoms with van der Waals surface area (Å²) in [6.45, 7) is 0.673. The van der Waals surface area contributed by atoms with Crippen LogP contribution in [-0.2, 0) is 22.3 Å². The van der Waals surface area contributed by atoms with Crippen molar-refractivity contribution in [2.75, 3.05) is 27.2 Å². The Balaban J connectivity index is 2.49. The van der Waals surface area contributed by atoms with E-state index < -0.39 is 10.0 Å². The van der Waals surface area contributed by atoms with Crippen LogP contribution in [0.4, 0.5) is 4.79 Å². The number of benzene rings is 1. The first-order valence-electron chi connectivity index (χ1n) is 6.55. The number of hydrogen-bond donors (Lipinski definition) is 3. The molecule has 7 nitrogen and oxygen atoms in total. The van der Waals surface area contributed by atoms with Crippen molar-refractivity contribution in [2.45, 2.75) is 12.3 Å². The molecular formula is C13H22N4O3S. The van der Waals surface area contributed by atoms with Gasteiger partial charge < -0.3 is 16.0 Å². The number of nitrogens with one attached hydrogen (secondary N) is 2. The van der Waals surface area contributed by atoms with Gasteiger partial charge in [-0.1, -0.05) is 24.3 Å². The monoisotopic (exact) mass is 314 g/mol. The standard InChI is InChI=1S/C13H22N4O3S/c1-17(2)13(18)15-7-8-16-21(19,20)10-12-6-4-3-5-11(12)9-14/h3-6,16H,7-10,14H2,1-2H3,(H,15,18). The summed E-state index contributed by atoms with van der Waals surface area (Å²) in [6, 6.07) is 6.89. The lowest BCUT2D eigenvalue weighted by Crippen LogP contribution is -2.39. The van der Waals surface area contributed by atoms with Gasteiger partial charge in [-0.3, -0.25) is 0 Å². The number of carbonyl (C=O) groups excluding carboxylic acids is 1. The third kappa shape index (κ3) is 6.11. The van der Waals surface area contributed by atoms with Gasteiger partial charge in [0.25, 0.3) is 0 Å². The zero-order valence-corrected chi connectivity index (χ0v) is 13.1. The first kappa shape index (κ1) is 17.4. The van der Waals surface area contributed by atoms with Crippen LogP contribution in [0.3, 0.4) is 0 Å². The van der Waals surface area contributed by atoms with Crippen molar-refractivity contribution in [3.63, 3.8) is 0 Å². The van der Waals surface area contributed by atoms with E-state index in [2.05, 4.69) is 10.0 Å². The first-order valence-corrected chi connectivity index (χ1v) is 8.20. The summed E-state index contributed by atoms with van der Waals surface area (Å²) in [5.41, 5.74) is 7.08. The number of amides is 2. The van der Waals surface area contributed by atoms with Gasteiger partial charge in [-0.05, 0) is 11.1 Å². The molecule has 0 radical (unpaired) electrons. The largest absolute Gasteiger partial charge is 0.337 e. The van der Waals surface area contributed by atoms with Gasteiger partial charge in [0.1, 0.15) is 0 Å². The van der Waals surface area contributed by atoms with Crippen LogP contribution in [0.5, 0.6) is 0 Å². The van der Waals surface area contributed by atoms with E-state index >= 15 is 0 Å². The first-order chi connectivity index (χ1) is 9.85. The molecular weight excluding hydrogens is 292 g/mol. The lowest BCUT2D eigenvalue weighted by molar-refractivity contribution is 0.217. The highest BCUT2D eigenvalue weighted by Gasteiger charge is 2.13. The van der Waals surface area contributed by atoms with Gasteiger partial charge in [0.05, 0.1) is 5.75 Å². The van der Waals surface area contributed by atoms with Gasteiger partial charge in [0, 0.05) is 33.7 Å². The average Bonchev–Trinajstić information content (AvgIpc) is 2.43. The summed E-state index contributed by atoms with van der Waals surface area (Å²) in [5.74, 6) is -0.123. The van der Waals surface area contributed by atoms with Crippen LogP contribution < -0.4 is 15.8 Å². The third-order valence-corrected chi connectivity index (χ3v) is 4.15. The molecule has 0 aliphatic heterocycles. The molecule has 0 aliphatic rings. The summed E-state index contributed by atoms with van der Waals surface area (Å²) in [7, 11) is -0.227. The molecule has 4 N–H and O–H groups in total. The van der Waals surface area contributed by atoms with E-state index in [0.29, 0.717) is 12.1 Å².